The zero-order valence-corrected chi connectivity index (χ0v) is 18.6. The lowest BCUT2D eigenvalue weighted by Gasteiger charge is -2.30. The molecule has 160 valence electrons. The number of hydrogen-bond donors (Lipinski definition) is 2. The summed E-state index contributed by atoms with van der Waals surface area (Å²) in [6.45, 7) is 4.69. The van der Waals surface area contributed by atoms with E-state index in [9.17, 15) is 9.59 Å². The molecular formula is C23H22BrN3O4. The molecule has 2 N–H and O–H groups in total. The second-order valence-corrected chi connectivity index (χ2v) is 8.09. The number of hydrogen-bond acceptors (Lipinski definition) is 5. The number of nitrogens with one attached hydrogen (secondary N) is 2. The molecule has 0 radical (unpaired) electrons. The van der Waals surface area contributed by atoms with Crippen LogP contribution in [0.25, 0.3) is 0 Å². The summed E-state index contributed by atoms with van der Waals surface area (Å²) >= 11 is 3.48. The predicted octanol–water partition coefficient (Wildman–Crippen LogP) is 4.69. The van der Waals surface area contributed by atoms with E-state index < -0.39 is 0 Å². The number of benzene rings is 2. The number of amides is 2. The van der Waals surface area contributed by atoms with Gasteiger partial charge in [-0.2, -0.15) is 0 Å². The van der Waals surface area contributed by atoms with E-state index in [-0.39, 0.29) is 17.6 Å². The molecule has 4 rings (SSSR count). The third-order valence-corrected chi connectivity index (χ3v) is 5.54. The second kappa shape index (κ2) is 9.36. The monoisotopic (exact) mass is 483 g/mol. The molecule has 31 heavy (non-hydrogen) atoms. The zero-order valence-electron chi connectivity index (χ0n) is 17.0. The number of ether oxygens (including phenoxy) is 1. The summed E-state index contributed by atoms with van der Waals surface area (Å²) in [5.74, 6) is -0.424. The largest absolute Gasteiger partial charge is 0.459 e. The number of carbonyl (C=O) groups excluding carboxylic acids is 2. The highest BCUT2D eigenvalue weighted by molar-refractivity contribution is 9.10. The number of nitrogens with zero attached hydrogens (tertiary/aromatic N) is 1. The van der Waals surface area contributed by atoms with Crippen molar-refractivity contribution in [1.29, 1.82) is 0 Å². The maximum atomic E-state index is 13.0. The SMILES string of the molecule is Cc1ccc(C(=O)Nc2cc(Br)ccc2N2CCOCC2)cc1NC(=O)c1ccco1. The van der Waals surface area contributed by atoms with E-state index in [0.29, 0.717) is 30.2 Å². The molecule has 0 spiro atoms. The average molecular weight is 484 g/mol. The highest BCUT2D eigenvalue weighted by atomic mass is 79.9. The van der Waals surface area contributed by atoms with Crippen LogP contribution in [0.1, 0.15) is 26.5 Å². The number of furan rings is 1. The van der Waals surface area contributed by atoms with Gasteiger partial charge in [0.15, 0.2) is 5.76 Å². The van der Waals surface area contributed by atoms with Gasteiger partial charge < -0.3 is 24.7 Å². The van der Waals surface area contributed by atoms with Crippen molar-refractivity contribution in [2.24, 2.45) is 0 Å². The van der Waals surface area contributed by atoms with E-state index in [1.54, 1.807) is 30.3 Å². The molecule has 1 aliphatic rings. The molecule has 1 saturated heterocycles. The molecule has 0 unspecified atom stereocenters. The number of anilines is 3. The van der Waals surface area contributed by atoms with E-state index in [4.69, 9.17) is 9.15 Å². The predicted molar refractivity (Wildman–Crippen MR) is 123 cm³/mol. The van der Waals surface area contributed by atoms with E-state index >= 15 is 0 Å². The number of aryl methyl sites for hydroxylation is 1. The Morgan fingerprint density at radius 3 is 2.48 bits per heavy atom. The Labute approximate surface area is 188 Å². The number of rotatable bonds is 5. The molecule has 0 aliphatic carbocycles. The molecule has 0 atom stereocenters. The van der Waals surface area contributed by atoms with Crippen LogP contribution in [0.4, 0.5) is 17.1 Å². The summed E-state index contributed by atoms with van der Waals surface area (Å²) in [5.41, 5.74) is 3.49. The Morgan fingerprint density at radius 2 is 1.74 bits per heavy atom. The molecule has 1 fully saturated rings. The second-order valence-electron chi connectivity index (χ2n) is 7.18. The van der Waals surface area contributed by atoms with Gasteiger partial charge in [-0.3, -0.25) is 9.59 Å². The van der Waals surface area contributed by atoms with Gasteiger partial charge in [-0.1, -0.05) is 22.0 Å². The van der Waals surface area contributed by atoms with Gasteiger partial charge >= 0.3 is 0 Å². The van der Waals surface area contributed by atoms with Crippen LogP contribution in [0.2, 0.25) is 0 Å². The van der Waals surface area contributed by atoms with Crippen molar-refractivity contribution in [3.63, 3.8) is 0 Å². The molecule has 2 aromatic carbocycles. The number of halogens is 1. The van der Waals surface area contributed by atoms with Crippen molar-refractivity contribution >= 4 is 44.8 Å². The third-order valence-electron chi connectivity index (χ3n) is 5.05. The molecule has 2 amide bonds. The van der Waals surface area contributed by atoms with Crippen molar-refractivity contribution in [3.8, 4) is 0 Å². The smallest absolute Gasteiger partial charge is 0.291 e. The van der Waals surface area contributed by atoms with E-state index in [1.165, 1.54) is 6.26 Å². The highest BCUT2D eigenvalue weighted by Crippen LogP contribution is 2.31. The van der Waals surface area contributed by atoms with E-state index in [0.717, 1.165) is 28.8 Å². The van der Waals surface area contributed by atoms with Gasteiger partial charge in [0.05, 0.1) is 30.9 Å². The summed E-state index contributed by atoms with van der Waals surface area (Å²) in [4.78, 5) is 27.6. The minimum atomic E-state index is -0.368. The first-order valence-corrected chi connectivity index (χ1v) is 10.7. The van der Waals surface area contributed by atoms with Crippen molar-refractivity contribution in [1.82, 2.24) is 0 Å². The van der Waals surface area contributed by atoms with Crippen molar-refractivity contribution < 1.29 is 18.7 Å². The summed E-state index contributed by atoms with van der Waals surface area (Å²) in [6, 6.07) is 14.3. The Bertz CT molecular complexity index is 1090. The minimum absolute atomic E-state index is 0.207. The molecule has 0 saturated carbocycles. The maximum absolute atomic E-state index is 13.0. The van der Waals surface area contributed by atoms with Gasteiger partial charge in [0.1, 0.15) is 0 Å². The van der Waals surface area contributed by atoms with Crippen molar-refractivity contribution in [3.05, 3.63) is 76.2 Å². The first kappa shape index (κ1) is 21.1. The normalized spacial score (nSPS) is 13.7. The van der Waals surface area contributed by atoms with Gasteiger partial charge in [0, 0.05) is 28.8 Å². The highest BCUT2D eigenvalue weighted by Gasteiger charge is 2.18. The van der Waals surface area contributed by atoms with Crippen LogP contribution in [-0.2, 0) is 4.74 Å². The average Bonchev–Trinajstić information content (AvgIpc) is 3.31. The maximum Gasteiger partial charge on any atom is 0.291 e. The van der Waals surface area contributed by atoms with Crippen LogP contribution in [0.3, 0.4) is 0 Å². The van der Waals surface area contributed by atoms with Gasteiger partial charge in [-0.05, 0) is 55.0 Å². The fourth-order valence-corrected chi connectivity index (χ4v) is 3.73. The quantitative estimate of drug-likeness (QED) is 0.549. The molecule has 8 heteroatoms. The van der Waals surface area contributed by atoms with Crippen LogP contribution in [0.5, 0.6) is 0 Å². The lowest BCUT2D eigenvalue weighted by Crippen LogP contribution is -2.36. The van der Waals surface area contributed by atoms with Gasteiger partial charge in [0.2, 0.25) is 0 Å². The summed E-state index contributed by atoms with van der Waals surface area (Å²) in [5, 5.41) is 5.81. The Balaban J connectivity index is 1.55. The summed E-state index contributed by atoms with van der Waals surface area (Å²) in [7, 11) is 0. The Hall–Kier alpha value is -3.10. The van der Waals surface area contributed by atoms with Crippen LogP contribution >= 0.6 is 15.9 Å². The molecule has 3 aromatic rings. The van der Waals surface area contributed by atoms with Crippen molar-refractivity contribution in [2.45, 2.75) is 6.92 Å². The molecule has 1 aromatic heterocycles. The lowest BCUT2D eigenvalue weighted by atomic mass is 10.1. The summed E-state index contributed by atoms with van der Waals surface area (Å²) in [6.07, 6.45) is 1.44. The first-order valence-electron chi connectivity index (χ1n) is 9.90. The van der Waals surface area contributed by atoms with E-state index in [2.05, 4.69) is 31.5 Å². The summed E-state index contributed by atoms with van der Waals surface area (Å²) < 4.78 is 11.4. The molecular weight excluding hydrogens is 462 g/mol. The topological polar surface area (TPSA) is 83.8 Å². The standard InChI is InChI=1S/C23H22BrN3O4/c1-15-4-5-16(13-18(15)25-23(29)21-3-2-10-31-21)22(28)26-19-14-17(24)6-7-20(19)27-8-11-30-12-9-27/h2-7,10,13-14H,8-9,11-12H2,1H3,(H,25,29)(H,26,28). The third kappa shape index (κ3) is 4.98. The Morgan fingerprint density at radius 1 is 0.968 bits per heavy atom. The molecule has 0 bridgehead atoms. The number of morpholine rings is 1. The van der Waals surface area contributed by atoms with E-state index in [1.807, 2.05) is 25.1 Å². The molecule has 1 aliphatic heterocycles. The van der Waals surface area contributed by atoms with Gasteiger partial charge in [-0.15, -0.1) is 0 Å². The van der Waals surface area contributed by atoms with Crippen LogP contribution in [-0.4, -0.2) is 38.1 Å². The first-order chi connectivity index (χ1) is 15.0. The fraction of sp³-hybridized carbons (Fsp3) is 0.217. The van der Waals surface area contributed by atoms with Crippen LogP contribution in [0, 0.1) is 6.92 Å². The molecule has 2 heterocycles. The lowest BCUT2D eigenvalue weighted by molar-refractivity contribution is 0.0993. The van der Waals surface area contributed by atoms with Crippen molar-refractivity contribution in [2.75, 3.05) is 41.8 Å². The number of carbonyl (C=O) groups is 2. The Kier molecular flexibility index (Phi) is 6.39. The molecule has 7 nitrogen and oxygen atoms in total. The van der Waals surface area contributed by atoms with Crippen LogP contribution < -0.4 is 15.5 Å². The minimum Gasteiger partial charge on any atom is -0.459 e. The fourth-order valence-electron chi connectivity index (χ4n) is 3.37. The van der Waals surface area contributed by atoms with Crippen LogP contribution in [0.15, 0.2) is 63.7 Å². The zero-order chi connectivity index (χ0) is 21.8. The van der Waals surface area contributed by atoms with Gasteiger partial charge in [0.25, 0.3) is 11.8 Å². The van der Waals surface area contributed by atoms with Gasteiger partial charge in [-0.25, -0.2) is 0 Å².